The van der Waals surface area contributed by atoms with E-state index in [4.69, 9.17) is 4.42 Å². The number of non-ortho nitro benzene ring substituents is 1. The summed E-state index contributed by atoms with van der Waals surface area (Å²) in [6.07, 6.45) is 0.0254. The lowest BCUT2D eigenvalue weighted by Gasteiger charge is -2.12. The normalized spacial score (nSPS) is 11.3. The Bertz CT molecular complexity index is 744. The number of carbonyl (C=O) groups is 1. The Morgan fingerprint density at radius 1 is 1.39 bits per heavy atom. The maximum atomic E-state index is 12.1. The average molecular weight is 317 g/mol. The molecule has 0 aliphatic carbocycles. The lowest BCUT2D eigenvalue weighted by Crippen LogP contribution is -2.14. The lowest BCUT2D eigenvalue weighted by molar-refractivity contribution is -0.384. The molecule has 0 unspecified atom stereocenters. The number of nitro groups is 1. The van der Waals surface area contributed by atoms with Crippen LogP contribution in [0.1, 0.15) is 38.1 Å². The highest BCUT2D eigenvalue weighted by molar-refractivity contribution is 5.92. The van der Waals surface area contributed by atoms with Crippen LogP contribution in [0, 0.1) is 17.0 Å². The first-order valence-corrected chi connectivity index (χ1v) is 7.18. The van der Waals surface area contributed by atoms with Gasteiger partial charge >= 0.3 is 0 Å². The molecule has 0 bridgehead atoms. The monoisotopic (exact) mass is 317 g/mol. The second kappa shape index (κ2) is 6.20. The molecule has 1 heterocycles. The first kappa shape index (κ1) is 16.7. The zero-order chi connectivity index (χ0) is 17.2. The van der Waals surface area contributed by atoms with E-state index in [2.05, 4.69) is 10.3 Å². The van der Waals surface area contributed by atoms with Crippen LogP contribution in [-0.2, 0) is 16.6 Å². The van der Waals surface area contributed by atoms with E-state index >= 15 is 0 Å². The summed E-state index contributed by atoms with van der Waals surface area (Å²) in [7, 11) is 0. The molecule has 1 aromatic carbocycles. The largest absolute Gasteiger partial charge is 0.444 e. The van der Waals surface area contributed by atoms with Gasteiger partial charge in [0, 0.05) is 23.2 Å². The van der Waals surface area contributed by atoms with Crippen molar-refractivity contribution < 1.29 is 14.1 Å². The zero-order valence-electron chi connectivity index (χ0n) is 13.5. The topological polar surface area (TPSA) is 98.3 Å². The van der Waals surface area contributed by atoms with E-state index in [1.54, 1.807) is 13.0 Å². The number of nitrogens with one attached hydrogen (secondary N) is 1. The Morgan fingerprint density at radius 3 is 2.65 bits per heavy atom. The summed E-state index contributed by atoms with van der Waals surface area (Å²) < 4.78 is 5.67. The Balaban J connectivity index is 2.10. The predicted molar refractivity (Wildman–Crippen MR) is 85.4 cm³/mol. The van der Waals surface area contributed by atoms with Crippen LogP contribution in [0.25, 0.3) is 0 Å². The maximum Gasteiger partial charge on any atom is 0.271 e. The minimum Gasteiger partial charge on any atom is -0.444 e. The Morgan fingerprint density at radius 2 is 2.09 bits per heavy atom. The van der Waals surface area contributed by atoms with Crippen LogP contribution in [0.5, 0.6) is 0 Å². The molecule has 1 N–H and O–H groups in total. The van der Waals surface area contributed by atoms with Gasteiger partial charge in [0.05, 0.1) is 17.0 Å². The highest BCUT2D eigenvalue weighted by Crippen LogP contribution is 2.24. The van der Waals surface area contributed by atoms with Gasteiger partial charge < -0.3 is 9.73 Å². The van der Waals surface area contributed by atoms with Gasteiger partial charge in [-0.15, -0.1) is 0 Å². The molecular formula is C16H19N3O4. The molecule has 2 aromatic rings. The fourth-order valence-electron chi connectivity index (χ4n) is 1.96. The Kier molecular flexibility index (Phi) is 4.49. The SMILES string of the molecule is Cc1nc(C(C)(C)C)oc1CC(=O)Nc1cccc([N+](=O)[O-])c1. The molecule has 0 aliphatic heterocycles. The van der Waals surface area contributed by atoms with Crippen molar-refractivity contribution in [3.8, 4) is 0 Å². The van der Waals surface area contributed by atoms with Crippen LogP contribution < -0.4 is 5.32 Å². The maximum absolute atomic E-state index is 12.1. The standard InChI is InChI=1S/C16H19N3O4/c1-10-13(23-15(17-10)16(2,3)4)9-14(20)18-11-6-5-7-12(8-11)19(21)22/h5-8H,9H2,1-4H3,(H,18,20). The van der Waals surface area contributed by atoms with Gasteiger partial charge in [-0.05, 0) is 13.0 Å². The summed E-state index contributed by atoms with van der Waals surface area (Å²) in [5, 5.41) is 13.4. The minimum absolute atomic E-state index is 0.0254. The van der Waals surface area contributed by atoms with Gasteiger partial charge in [-0.1, -0.05) is 26.8 Å². The van der Waals surface area contributed by atoms with Gasteiger partial charge in [-0.2, -0.15) is 0 Å². The average Bonchev–Trinajstić information content (AvgIpc) is 2.80. The van der Waals surface area contributed by atoms with E-state index < -0.39 is 4.92 Å². The van der Waals surface area contributed by atoms with Crippen molar-refractivity contribution in [2.45, 2.75) is 39.5 Å². The molecule has 1 aromatic heterocycles. The van der Waals surface area contributed by atoms with Crippen LogP contribution in [-0.4, -0.2) is 15.8 Å². The summed E-state index contributed by atoms with van der Waals surface area (Å²) in [5.41, 5.74) is 0.731. The number of carbonyl (C=O) groups excluding carboxylic acids is 1. The van der Waals surface area contributed by atoms with Crippen LogP contribution in [0.15, 0.2) is 28.7 Å². The van der Waals surface area contributed by atoms with E-state index in [9.17, 15) is 14.9 Å². The van der Waals surface area contributed by atoms with Gasteiger partial charge in [0.25, 0.3) is 5.69 Å². The van der Waals surface area contributed by atoms with Crippen molar-refractivity contribution in [2.75, 3.05) is 5.32 Å². The fourth-order valence-corrected chi connectivity index (χ4v) is 1.96. The molecule has 23 heavy (non-hydrogen) atoms. The number of hydrogen-bond acceptors (Lipinski definition) is 5. The number of nitro benzene ring substituents is 1. The first-order valence-electron chi connectivity index (χ1n) is 7.18. The van der Waals surface area contributed by atoms with Crippen molar-refractivity contribution in [2.24, 2.45) is 0 Å². The molecular weight excluding hydrogens is 298 g/mol. The Hall–Kier alpha value is -2.70. The predicted octanol–water partition coefficient (Wildman–Crippen LogP) is 3.37. The number of amides is 1. The van der Waals surface area contributed by atoms with Gasteiger partial charge in [0.2, 0.25) is 5.91 Å². The fraction of sp³-hybridized carbons (Fsp3) is 0.375. The van der Waals surface area contributed by atoms with E-state index in [-0.39, 0.29) is 23.4 Å². The van der Waals surface area contributed by atoms with E-state index in [0.29, 0.717) is 23.0 Å². The molecule has 0 saturated carbocycles. The van der Waals surface area contributed by atoms with Crippen molar-refractivity contribution in [1.82, 2.24) is 4.98 Å². The quantitative estimate of drug-likeness (QED) is 0.688. The lowest BCUT2D eigenvalue weighted by atomic mass is 9.97. The summed E-state index contributed by atoms with van der Waals surface area (Å²) in [6.45, 7) is 7.72. The molecule has 0 aliphatic rings. The van der Waals surface area contributed by atoms with Crippen LogP contribution in [0.4, 0.5) is 11.4 Å². The highest BCUT2D eigenvalue weighted by Gasteiger charge is 2.23. The van der Waals surface area contributed by atoms with Gasteiger partial charge in [-0.3, -0.25) is 14.9 Å². The van der Waals surface area contributed by atoms with Crippen LogP contribution in [0.3, 0.4) is 0 Å². The molecule has 1 amide bonds. The van der Waals surface area contributed by atoms with Crippen molar-refractivity contribution in [1.29, 1.82) is 0 Å². The van der Waals surface area contributed by atoms with Gasteiger partial charge in [0.15, 0.2) is 5.89 Å². The molecule has 2 rings (SSSR count). The molecule has 0 atom stereocenters. The molecule has 7 heteroatoms. The van der Waals surface area contributed by atoms with Gasteiger partial charge in [0.1, 0.15) is 5.76 Å². The first-order chi connectivity index (χ1) is 10.7. The third-order valence-corrected chi connectivity index (χ3v) is 3.20. The van der Waals surface area contributed by atoms with E-state index in [0.717, 1.165) is 0 Å². The smallest absolute Gasteiger partial charge is 0.271 e. The molecule has 0 saturated heterocycles. The van der Waals surface area contributed by atoms with Crippen LogP contribution >= 0.6 is 0 Å². The van der Waals surface area contributed by atoms with Crippen LogP contribution in [0.2, 0.25) is 0 Å². The number of anilines is 1. The number of aryl methyl sites for hydroxylation is 1. The molecule has 0 fully saturated rings. The second-order valence-corrected chi connectivity index (χ2v) is 6.31. The van der Waals surface area contributed by atoms with Crippen molar-refractivity contribution in [3.63, 3.8) is 0 Å². The second-order valence-electron chi connectivity index (χ2n) is 6.31. The minimum atomic E-state index is -0.508. The van der Waals surface area contributed by atoms with Crippen molar-refractivity contribution in [3.05, 3.63) is 51.7 Å². The molecule has 122 valence electrons. The highest BCUT2D eigenvalue weighted by atomic mass is 16.6. The van der Waals surface area contributed by atoms with E-state index in [1.165, 1.54) is 18.2 Å². The number of hydrogen-bond donors (Lipinski definition) is 1. The number of oxazole rings is 1. The number of aromatic nitrogens is 1. The summed E-state index contributed by atoms with van der Waals surface area (Å²) in [6, 6.07) is 5.79. The zero-order valence-corrected chi connectivity index (χ0v) is 13.5. The molecule has 0 spiro atoms. The summed E-state index contributed by atoms with van der Waals surface area (Å²) >= 11 is 0. The third-order valence-electron chi connectivity index (χ3n) is 3.20. The summed E-state index contributed by atoms with van der Waals surface area (Å²) in [4.78, 5) is 26.7. The van der Waals surface area contributed by atoms with Crippen molar-refractivity contribution >= 4 is 17.3 Å². The summed E-state index contributed by atoms with van der Waals surface area (Å²) in [5.74, 6) is 0.760. The Labute approximate surface area is 133 Å². The molecule has 0 radical (unpaired) electrons. The van der Waals surface area contributed by atoms with E-state index in [1.807, 2.05) is 20.8 Å². The third kappa shape index (κ3) is 4.15. The number of rotatable bonds is 4. The molecule has 7 nitrogen and oxygen atoms in total. The number of benzene rings is 1. The number of nitrogens with zero attached hydrogens (tertiary/aromatic N) is 2. The van der Waals surface area contributed by atoms with Gasteiger partial charge in [-0.25, -0.2) is 4.98 Å².